The Hall–Kier alpha value is -2.36. The zero-order valence-corrected chi connectivity index (χ0v) is 11.4. The van der Waals surface area contributed by atoms with Crippen molar-refractivity contribution in [2.75, 3.05) is 5.32 Å². The van der Waals surface area contributed by atoms with E-state index >= 15 is 0 Å². The van der Waals surface area contributed by atoms with Crippen LogP contribution in [0.1, 0.15) is 17.0 Å². The molecule has 20 heavy (non-hydrogen) atoms. The van der Waals surface area contributed by atoms with Crippen LogP contribution in [-0.2, 0) is 6.54 Å². The monoisotopic (exact) mass is 270 g/mol. The molecule has 1 aromatic heterocycles. The van der Waals surface area contributed by atoms with Gasteiger partial charge in [0, 0.05) is 19.2 Å². The topological polar surface area (TPSA) is 38.1 Å². The van der Waals surface area contributed by atoms with Gasteiger partial charge in [0.2, 0.25) is 0 Å². The van der Waals surface area contributed by atoms with Crippen LogP contribution >= 0.6 is 0 Å². The van der Waals surface area contributed by atoms with Gasteiger partial charge in [-0.2, -0.15) is 0 Å². The lowest BCUT2D eigenvalue weighted by Crippen LogP contribution is -2.00. The molecular weight excluding hydrogens is 255 g/mol. The van der Waals surface area contributed by atoms with Crippen LogP contribution in [0.25, 0.3) is 11.1 Å². The third kappa shape index (κ3) is 2.50. The van der Waals surface area contributed by atoms with Gasteiger partial charge in [-0.1, -0.05) is 12.1 Å². The summed E-state index contributed by atoms with van der Waals surface area (Å²) in [5.74, 6) is 0.486. The average molecular weight is 270 g/mol. The van der Waals surface area contributed by atoms with Gasteiger partial charge in [0.05, 0.1) is 0 Å². The molecule has 0 amide bonds. The van der Waals surface area contributed by atoms with Gasteiger partial charge in [-0.05, 0) is 42.3 Å². The van der Waals surface area contributed by atoms with E-state index in [1.807, 2.05) is 31.2 Å². The lowest BCUT2D eigenvalue weighted by Gasteiger charge is -2.07. The molecule has 2 aromatic carbocycles. The van der Waals surface area contributed by atoms with Crippen molar-refractivity contribution in [1.29, 1.82) is 0 Å². The standard InChI is InChI=1S/C16H15FN2O/c1-10-7-12(3-5-14(10)17)9-18-13-4-6-16-15(8-13)19-11(2)20-16/h3-8,18H,9H2,1-2H3. The van der Waals surface area contributed by atoms with Crippen molar-refractivity contribution in [3.05, 3.63) is 59.2 Å². The molecule has 0 saturated carbocycles. The molecule has 0 spiro atoms. The van der Waals surface area contributed by atoms with Gasteiger partial charge in [0.1, 0.15) is 11.3 Å². The number of hydrogen-bond acceptors (Lipinski definition) is 3. The number of fused-ring (bicyclic) bond motifs is 1. The fourth-order valence-corrected chi connectivity index (χ4v) is 2.17. The number of hydrogen-bond donors (Lipinski definition) is 1. The van der Waals surface area contributed by atoms with Crippen molar-refractivity contribution in [3.63, 3.8) is 0 Å². The molecule has 4 heteroatoms. The number of aryl methyl sites for hydroxylation is 2. The molecule has 0 atom stereocenters. The lowest BCUT2D eigenvalue weighted by molar-refractivity contribution is 0.561. The largest absolute Gasteiger partial charge is 0.441 e. The molecule has 0 saturated heterocycles. The van der Waals surface area contributed by atoms with E-state index in [9.17, 15) is 4.39 Å². The average Bonchev–Trinajstić information content (AvgIpc) is 2.79. The Labute approximate surface area is 116 Å². The Kier molecular flexibility index (Phi) is 3.14. The minimum Gasteiger partial charge on any atom is -0.441 e. The van der Waals surface area contributed by atoms with E-state index in [0.29, 0.717) is 18.0 Å². The molecule has 1 heterocycles. The fourth-order valence-electron chi connectivity index (χ4n) is 2.17. The Bertz CT molecular complexity index is 764. The number of aromatic nitrogens is 1. The van der Waals surface area contributed by atoms with Gasteiger partial charge < -0.3 is 9.73 Å². The van der Waals surface area contributed by atoms with Crippen LogP contribution in [0.3, 0.4) is 0 Å². The molecule has 0 unspecified atom stereocenters. The van der Waals surface area contributed by atoms with Crippen molar-refractivity contribution in [3.8, 4) is 0 Å². The molecule has 0 aliphatic heterocycles. The predicted molar refractivity (Wildman–Crippen MR) is 77.2 cm³/mol. The molecule has 0 bridgehead atoms. The summed E-state index contributed by atoms with van der Waals surface area (Å²) in [5, 5.41) is 3.30. The number of halogens is 1. The van der Waals surface area contributed by atoms with Crippen molar-refractivity contribution in [1.82, 2.24) is 4.98 Å². The second-order valence-electron chi connectivity index (χ2n) is 4.85. The van der Waals surface area contributed by atoms with Crippen molar-refractivity contribution in [2.24, 2.45) is 0 Å². The molecule has 0 aliphatic rings. The lowest BCUT2D eigenvalue weighted by atomic mass is 10.1. The Balaban J connectivity index is 1.77. The molecule has 3 nitrogen and oxygen atoms in total. The Morgan fingerprint density at radius 2 is 2.00 bits per heavy atom. The van der Waals surface area contributed by atoms with E-state index in [2.05, 4.69) is 10.3 Å². The maximum Gasteiger partial charge on any atom is 0.192 e. The first-order valence-corrected chi connectivity index (χ1v) is 6.48. The van der Waals surface area contributed by atoms with Crippen LogP contribution in [0, 0.1) is 19.7 Å². The summed E-state index contributed by atoms with van der Waals surface area (Å²) in [6, 6.07) is 10.9. The van der Waals surface area contributed by atoms with Crippen LogP contribution in [-0.4, -0.2) is 4.98 Å². The van der Waals surface area contributed by atoms with Crippen LogP contribution in [0.15, 0.2) is 40.8 Å². The molecule has 0 fully saturated rings. The highest BCUT2D eigenvalue weighted by atomic mass is 19.1. The molecule has 0 aliphatic carbocycles. The normalized spacial score (nSPS) is 10.9. The summed E-state index contributed by atoms with van der Waals surface area (Å²) < 4.78 is 18.6. The second kappa shape index (κ2) is 4.96. The Morgan fingerprint density at radius 1 is 1.15 bits per heavy atom. The highest BCUT2D eigenvalue weighted by Gasteiger charge is 2.03. The summed E-state index contributed by atoms with van der Waals surface area (Å²) in [7, 11) is 0. The van der Waals surface area contributed by atoms with E-state index in [1.54, 1.807) is 13.0 Å². The van der Waals surface area contributed by atoms with Gasteiger partial charge >= 0.3 is 0 Å². The third-order valence-electron chi connectivity index (χ3n) is 3.21. The quantitative estimate of drug-likeness (QED) is 0.775. The van der Waals surface area contributed by atoms with Gasteiger partial charge in [-0.25, -0.2) is 9.37 Å². The first kappa shape index (κ1) is 12.7. The predicted octanol–water partition coefficient (Wildman–Crippen LogP) is 4.20. The van der Waals surface area contributed by atoms with Gasteiger partial charge in [0.25, 0.3) is 0 Å². The van der Waals surface area contributed by atoms with Gasteiger partial charge in [-0.15, -0.1) is 0 Å². The molecule has 3 rings (SSSR count). The summed E-state index contributed by atoms with van der Waals surface area (Å²) in [6.45, 7) is 4.24. The summed E-state index contributed by atoms with van der Waals surface area (Å²) >= 11 is 0. The maximum absolute atomic E-state index is 13.2. The third-order valence-corrected chi connectivity index (χ3v) is 3.21. The number of benzene rings is 2. The van der Waals surface area contributed by atoms with Crippen LogP contribution < -0.4 is 5.32 Å². The highest BCUT2D eigenvalue weighted by molar-refractivity contribution is 5.77. The van der Waals surface area contributed by atoms with Gasteiger partial charge in [-0.3, -0.25) is 0 Å². The summed E-state index contributed by atoms with van der Waals surface area (Å²) in [5.41, 5.74) is 4.29. The fraction of sp³-hybridized carbons (Fsp3) is 0.188. The number of anilines is 1. The minimum atomic E-state index is -0.173. The number of rotatable bonds is 3. The molecular formula is C16H15FN2O. The molecule has 0 radical (unpaired) electrons. The first-order chi connectivity index (χ1) is 9.61. The molecule has 102 valence electrons. The Morgan fingerprint density at radius 3 is 2.80 bits per heavy atom. The van der Waals surface area contributed by atoms with Crippen molar-refractivity contribution in [2.45, 2.75) is 20.4 Å². The smallest absolute Gasteiger partial charge is 0.192 e. The van der Waals surface area contributed by atoms with Crippen LogP contribution in [0.4, 0.5) is 10.1 Å². The molecule has 3 aromatic rings. The number of oxazole rings is 1. The summed E-state index contributed by atoms with van der Waals surface area (Å²) in [6.07, 6.45) is 0. The SMILES string of the molecule is Cc1nc2cc(NCc3ccc(F)c(C)c3)ccc2o1. The van der Waals surface area contributed by atoms with Gasteiger partial charge in [0.15, 0.2) is 11.5 Å². The highest BCUT2D eigenvalue weighted by Crippen LogP contribution is 2.20. The maximum atomic E-state index is 13.2. The van der Waals surface area contributed by atoms with Crippen molar-refractivity contribution < 1.29 is 8.81 Å². The van der Waals surface area contributed by atoms with E-state index in [0.717, 1.165) is 22.4 Å². The zero-order chi connectivity index (χ0) is 14.1. The molecule has 1 N–H and O–H groups in total. The number of nitrogens with one attached hydrogen (secondary N) is 1. The number of nitrogens with zero attached hydrogens (tertiary/aromatic N) is 1. The van der Waals surface area contributed by atoms with E-state index in [-0.39, 0.29) is 5.82 Å². The van der Waals surface area contributed by atoms with E-state index in [1.165, 1.54) is 6.07 Å². The zero-order valence-electron chi connectivity index (χ0n) is 11.4. The second-order valence-corrected chi connectivity index (χ2v) is 4.85. The van der Waals surface area contributed by atoms with Crippen LogP contribution in [0.5, 0.6) is 0 Å². The van der Waals surface area contributed by atoms with E-state index in [4.69, 9.17) is 4.42 Å². The van der Waals surface area contributed by atoms with Crippen molar-refractivity contribution >= 4 is 16.8 Å². The summed E-state index contributed by atoms with van der Waals surface area (Å²) in [4.78, 5) is 4.30. The van der Waals surface area contributed by atoms with E-state index < -0.39 is 0 Å². The minimum absolute atomic E-state index is 0.173. The first-order valence-electron chi connectivity index (χ1n) is 6.48. The van der Waals surface area contributed by atoms with Crippen LogP contribution in [0.2, 0.25) is 0 Å².